The number of aromatic nitrogens is 1. The van der Waals surface area contributed by atoms with Crippen molar-refractivity contribution in [3.63, 3.8) is 0 Å². The third-order valence-corrected chi connectivity index (χ3v) is 3.44. The van der Waals surface area contributed by atoms with Gasteiger partial charge in [0, 0.05) is 11.8 Å². The maximum absolute atomic E-state index is 11.8. The molecule has 1 atom stereocenters. The van der Waals surface area contributed by atoms with Gasteiger partial charge in [0.05, 0.1) is 4.88 Å². The molecular weight excluding hydrogens is 248 g/mol. The van der Waals surface area contributed by atoms with E-state index in [0.717, 1.165) is 5.01 Å². The summed E-state index contributed by atoms with van der Waals surface area (Å²) in [5, 5.41) is 0.742. The van der Waals surface area contributed by atoms with Crippen LogP contribution in [0.1, 0.15) is 36.9 Å². The molecule has 98 valence electrons. The summed E-state index contributed by atoms with van der Waals surface area (Å²) >= 11 is 1.34. The lowest BCUT2D eigenvalue weighted by molar-refractivity contribution is -0.145. The highest BCUT2D eigenvalue weighted by Crippen LogP contribution is 2.27. The molecule has 1 rings (SSSR count). The summed E-state index contributed by atoms with van der Waals surface area (Å²) in [5.41, 5.74) is 5.86. The fourth-order valence-electron chi connectivity index (χ4n) is 1.08. The topological polar surface area (TPSA) is 65.2 Å². The zero-order valence-electron chi connectivity index (χ0n) is 10.9. The number of ether oxygens (including phenoxy) is 1. The minimum atomic E-state index is -0.817. The normalized spacial score (nSPS) is 12.9. The van der Waals surface area contributed by atoms with Crippen molar-refractivity contribution in [1.29, 1.82) is 0 Å². The van der Waals surface area contributed by atoms with E-state index in [9.17, 15) is 4.79 Å². The van der Waals surface area contributed by atoms with Crippen molar-refractivity contribution < 1.29 is 9.53 Å². The van der Waals surface area contributed by atoms with Crippen LogP contribution in [-0.2, 0) is 9.53 Å². The highest BCUT2D eigenvalue weighted by atomic mass is 32.1. The first-order chi connectivity index (χ1) is 8.25. The van der Waals surface area contributed by atoms with Gasteiger partial charge >= 0.3 is 5.97 Å². The van der Waals surface area contributed by atoms with Crippen molar-refractivity contribution in [2.24, 2.45) is 11.1 Å². The number of nitrogens with two attached hydrogens (primary N) is 1. The largest absolute Gasteiger partial charge is 0.438 e. The van der Waals surface area contributed by atoms with Gasteiger partial charge < -0.3 is 4.74 Å². The fraction of sp³-hybridized carbons (Fsp3) is 0.385. The number of nitrogens with zero attached hydrogens (tertiary/aromatic N) is 1. The van der Waals surface area contributed by atoms with Crippen LogP contribution >= 0.6 is 11.3 Å². The minimum Gasteiger partial charge on any atom is -0.438 e. The molecule has 0 amide bonds. The van der Waals surface area contributed by atoms with E-state index in [-0.39, 0.29) is 5.41 Å². The van der Waals surface area contributed by atoms with Gasteiger partial charge in [-0.15, -0.1) is 11.3 Å². The number of hydrogen-bond donors (Lipinski definition) is 1. The molecule has 0 fully saturated rings. The molecular formula is C13H18N2O2S. The molecule has 1 aromatic heterocycles. The van der Waals surface area contributed by atoms with Crippen molar-refractivity contribution in [3.05, 3.63) is 34.8 Å². The summed E-state index contributed by atoms with van der Waals surface area (Å²) in [6.07, 6.45) is 2.39. The molecule has 2 N–H and O–H groups in total. The van der Waals surface area contributed by atoms with E-state index < -0.39 is 12.2 Å². The summed E-state index contributed by atoms with van der Waals surface area (Å²) in [6, 6.07) is 0. The van der Waals surface area contributed by atoms with Crippen molar-refractivity contribution in [2.75, 3.05) is 0 Å². The second-order valence-corrected chi connectivity index (χ2v) is 5.95. The van der Waals surface area contributed by atoms with E-state index in [1.165, 1.54) is 11.3 Å². The number of rotatable bonds is 4. The Morgan fingerprint density at radius 2 is 2.22 bits per heavy atom. The molecule has 0 spiro atoms. The molecule has 1 heterocycles. The number of carbonyl (C=O) groups is 1. The molecule has 0 aliphatic rings. The van der Waals surface area contributed by atoms with Gasteiger partial charge in [0.2, 0.25) is 0 Å². The second-order valence-electron chi connectivity index (χ2n) is 4.86. The third kappa shape index (κ3) is 3.51. The molecule has 0 saturated carbocycles. The third-order valence-electron chi connectivity index (χ3n) is 2.38. The van der Waals surface area contributed by atoms with Gasteiger partial charge in [-0.25, -0.2) is 9.78 Å². The average molecular weight is 266 g/mol. The van der Waals surface area contributed by atoms with Gasteiger partial charge in [0.25, 0.3) is 0 Å². The minimum absolute atomic E-state index is 0.337. The first-order valence-corrected chi connectivity index (χ1v) is 6.31. The van der Waals surface area contributed by atoms with E-state index in [0.29, 0.717) is 10.5 Å². The molecule has 0 saturated heterocycles. The predicted octanol–water partition coefficient (Wildman–Crippen LogP) is 2.89. The molecule has 18 heavy (non-hydrogen) atoms. The van der Waals surface area contributed by atoms with Crippen molar-refractivity contribution in [1.82, 2.24) is 4.98 Å². The van der Waals surface area contributed by atoms with Crippen molar-refractivity contribution in [2.45, 2.75) is 27.0 Å². The molecule has 0 aliphatic heterocycles. The van der Waals surface area contributed by atoms with Crippen LogP contribution in [0.4, 0.5) is 0 Å². The second kappa shape index (κ2) is 5.46. The van der Waals surface area contributed by atoms with E-state index in [1.54, 1.807) is 12.3 Å². The highest BCUT2D eigenvalue weighted by Gasteiger charge is 2.25. The summed E-state index contributed by atoms with van der Waals surface area (Å²) in [5.74, 6) is -0.483. The van der Waals surface area contributed by atoms with Crippen LogP contribution in [0.25, 0.3) is 6.08 Å². The van der Waals surface area contributed by atoms with Gasteiger partial charge in [0.15, 0.2) is 6.23 Å². The van der Waals surface area contributed by atoms with Gasteiger partial charge in [-0.3, -0.25) is 5.73 Å². The van der Waals surface area contributed by atoms with E-state index >= 15 is 0 Å². The highest BCUT2D eigenvalue weighted by molar-refractivity contribution is 7.12. The predicted molar refractivity (Wildman–Crippen MR) is 73.8 cm³/mol. The molecule has 0 aromatic carbocycles. The first-order valence-electron chi connectivity index (χ1n) is 5.50. The lowest BCUT2D eigenvalue weighted by Crippen LogP contribution is -2.24. The molecule has 5 heteroatoms. The Kier molecular flexibility index (Phi) is 4.43. The molecule has 0 radical (unpaired) electrons. The van der Waals surface area contributed by atoms with Crippen LogP contribution in [0.15, 0.2) is 24.9 Å². The molecule has 4 nitrogen and oxygen atoms in total. The number of hydrogen-bond acceptors (Lipinski definition) is 5. The van der Waals surface area contributed by atoms with Crippen LogP contribution in [0, 0.1) is 5.41 Å². The quantitative estimate of drug-likeness (QED) is 0.517. The molecule has 1 aromatic rings. The van der Waals surface area contributed by atoms with Crippen LogP contribution < -0.4 is 5.73 Å². The first kappa shape index (κ1) is 14.6. The Morgan fingerprint density at radius 3 is 2.67 bits per heavy atom. The van der Waals surface area contributed by atoms with E-state index in [2.05, 4.69) is 18.1 Å². The summed E-state index contributed by atoms with van der Waals surface area (Å²) in [4.78, 5) is 16.6. The average Bonchev–Trinajstić information content (AvgIpc) is 2.75. The lowest BCUT2D eigenvalue weighted by atomic mass is 9.88. The summed E-state index contributed by atoms with van der Waals surface area (Å²) in [7, 11) is 0. The van der Waals surface area contributed by atoms with Gasteiger partial charge in [-0.2, -0.15) is 0 Å². The fourth-order valence-corrected chi connectivity index (χ4v) is 1.78. The number of carbonyl (C=O) groups excluding carboxylic acids is 1. The monoisotopic (exact) mass is 266 g/mol. The smallest absolute Gasteiger partial charge is 0.335 e. The molecule has 0 aliphatic carbocycles. The molecule has 1 unspecified atom stereocenters. The Labute approximate surface area is 111 Å². The Bertz CT molecular complexity index is 472. The molecule has 0 bridgehead atoms. The van der Waals surface area contributed by atoms with Crippen LogP contribution in [0.2, 0.25) is 0 Å². The SMILES string of the molecule is C=Cc1ncc(C(N)OC(=O)C(=C)C(C)(C)C)s1. The Hall–Kier alpha value is -1.46. The standard InChI is InChI=1S/C13H18N2O2S/c1-6-10-15-7-9(18-10)11(14)17-12(16)8(2)13(3,4)5/h6-7,11H,1-2,14H2,3-5H3. The lowest BCUT2D eigenvalue weighted by Gasteiger charge is -2.21. The van der Waals surface area contributed by atoms with E-state index in [1.807, 2.05) is 20.8 Å². The summed E-state index contributed by atoms with van der Waals surface area (Å²) < 4.78 is 5.16. The van der Waals surface area contributed by atoms with E-state index in [4.69, 9.17) is 10.5 Å². The Morgan fingerprint density at radius 1 is 1.61 bits per heavy atom. The van der Waals surface area contributed by atoms with Gasteiger partial charge in [0.1, 0.15) is 5.01 Å². The number of esters is 1. The van der Waals surface area contributed by atoms with Crippen LogP contribution in [0.3, 0.4) is 0 Å². The maximum atomic E-state index is 11.8. The van der Waals surface area contributed by atoms with Gasteiger partial charge in [-0.1, -0.05) is 33.9 Å². The van der Waals surface area contributed by atoms with Crippen molar-refractivity contribution in [3.8, 4) is 0 Å². The van der Waals surface area contributed by atoms with Gasteiger partial charge in [-0.05, 0) is 11.5 Å². The Balaban J connectivity index is 2.70. The number of thiazole rings is 1. The summed E-state index contributed by atoms with van der Waals surface area (Å²) in [6.45, 7) is 13.0. The van der Waals surface area contributed by atoms with Crippen LogP contribution in [-0.4, -0.2) is 11.0 Å². The van der Waals surface area contributed by atoms with Crippen LogP contribution in [0.5, 0.6) is 0 Å². The zero-order valence-corrected chi connectivity index (χ0v) is 11.7. The van der Waals surface area contributed by atoms with Crippen molar-refractivity contribution >= 4 is 23.4 Å². The maximum Gasteiger partial charge on any atom is 0.335 e. The zero-order chi connectivity index (χ0) is 13.9.